The van der Waals surface area contributed by atoms with E-state index in [4.69, 9.17) is 0 Å². The molecule has 0 bridgehead atoms. The molecule has 2 aliphatic rings. The van der Waals surface area contributed by atoms with Crippen molar-refractivity contribution in [1.29, 1.82) is 0 Å². The summed E-state index contributed by atoms with van der Waals surface area (Å²) in [6.07, 6.45) is 2.89. The minimum absolute atomic E-state index is 0.256. The standard InChI is InChI=1S/C19H24N4OS/c1-15-16-6-13-25-17(16)5-8-23(15)14-19(24)22-11-9-21(10-12-22)18-4-2-3-7-20-18/h2-4,6-7,13,15H,5,8-12,14H2,1H3/t15-/m1/s1. The van der Waals surface area contributed by atoms with Crippen LogP contribution in [-0.4, -0.2) is 60.0 Å². The van der Waals surface area contributed by atoms with Crippen LogP contribution in [0, 0.1) is 0 Å². The number of fused-ring (bicyclic) bond motifs is 1. The van der Waals surface area contributed by atoms with Crippen molar-refractivity contribution < 1.29 is 4.79 Å². The van der Waals surface area contributed by atoms with Gasteiger partial charge in [-0.05, 0) is 42.5 Å². The number of carbonyl (C=O) groups excluding carboxylic acids is 1. The number of pyridine rings is 1. The molecule has 0 unspecified atom stereocenters. The highest BCUT2D eigenvalue weighted by atomic mass is 32.1. The van der Waals surface area contributed by atoms with Crippen molar-refractivity contribution in [2.75, 3.05) is 44.2 Å². The molecule has 1 saturated heterocycles. The average Bonchev–Trinajstić information content (AvgIpc) is 3.14. The highest BCUT2D eigenvalue weighted by Crippen LogP contribution is 2.32. The first-order valence-electron chi connectivity index (χ1n) is 8.96. The first-order chi connectivity index (χ1) is 12.2. The molecular formula is C19H24N4OS. The molecule has 4 rings (SSSR count). The van der Waals surface area contributed by atoms with Crippen molar-refractivity contribution in [2.45, 2.75) is 19.4 Å². The molecule has 1 amide bonds. The average molecular weight is 356 g/mol. The Morgan fingerprint density at radius 3 is 2.80 bits per heavy atom. The highest BCUT2D eigenvalue weighted by Gasteiger charge is 2.29. The number of thiophene rings is 1. The van der Waals surface area contributed by atoms with Gasteiger partial charge in [0.1, 0.15) is 5.82 Å². The number of nitrogens with zero attached hydrogens (tertiary/aromatic N) is 4. The van der Waals surface area contributed by atoms with Gasteiger partial charge in [0, 0.05) is 49.8 Å². The van der Waals surface area contributed by atoms with E-state index in [9.17, 15) is 4.79 Å². The van der Waals surface area contributed by atoms with Crippen molar-refractivity contribution in [3.63, 3.8) is 0 Å². The summed E-state index contributed by atoms with van der Waals surface area (Å²) in [5.41, 5.74) is 1.41. The SMILES string of the molecule is C[C@@H]1c2ccsc2CCN1CC(=O)N1CCN(c2ccccn2)CC1. The lowest BCUT2D eigenvalue weighted by Gasteiger charge is -2.38. The lowest BCUT2D eigenvalue weighted by atomic mass is 10.0. The van der Waals surface area contributed by atoms with Crippen molar-refractivity contribution in [3.05, 3.63) is 46.3 Å². The summed E-state index contributed by atoms with van der Waals surface area (Å²) >= 11 is 1.84. The maximum atomic E-state index is 12.8. The number of carbonyl (C=O) groups is 1. The molecule has 2 aliphatic heterocycles. The van der Waals surface area contributed by atoms with Crippen LogP contribution in [0.1, 0.15) is 23.4 Å². The molecule has 0 spiro atoms. The summed E-state index contributed by atoms with van der Waals surface area (Å²) < 4.78 is 0. The molecule has 5 nitrogen and oxygen atoms in total. The first kappa shape index (κ1) is 16.5. The third kappa shape index (κ3) is 3.41. The van der Waals surface area contributed by atoms with Crippen LogP contribution in [0.3, 0.4) is 0 Å². The van der Waals surface area contributed by atoms with E-state index in [2.05, 4.69) is 33.2 Å². The van der Waals surface area contributed by atoms with Crippen LogP contribution >= 0.6 is 11.3 Å². The van der Waals surface area contributed by atoms with Gasteiger partial charge in [-0.2, -0.15) is 0 Å². The van der Waals surface area contributed by atoms with E-state index >= 15 is 0 Å². The third-order valence-electron chi connectivity index (χ3n) is 5.35. The van der Waals surface area contributed by atoms with E-state index in [1.807, 2.05) is 40.6 Å². The zero-order valence-electron chi connectivity index (χ0n) is 14.6. The molecular weight excluding hydrogens is 332 g/mol. The van der Waals surface area contributed by atoms with Gasteiger partial charge in [0.25, 0.3) is 0 Å². The van der Waals surface area contributed by atoms with E-state index in [1.54, 1.807) is 0 Å². The minimum atomic E-state index is 0.256. The molecule has 2 aromatic heterocycles. The zero-order chi connectivity index (χ0) is 17.2. The second kappa shape index (κ2) is 7.14. The van der Waals surface area contributed by atoms with Crippen LogP contribution in [0.5, 0.6) is 0 Å². The second-order valence-corrected chi connectivity index (χ2v) is 7.75. The number of amides is 1. The quantitative estimate of drug-likeness (QED) is 0.847. The first-order valence-corrected chi connectivity index (χ1v) is 9.84. The molecule has 1 atom stereocenters. The number of hydrogen-bond acceptors (Lipinski definition) is 5. The summed E-state index contributed by atoms with van der Waals surface area (Å²) in [5.74, 6) is 1.26. The van der Waals surface area contributed by atoms with Gasteiger partial charge in [-0.15, -0.1) is 11.3 Å². The fraction of sp³-hybridized carbons (Fsp3) is 0.474. The smallest absolute Gasteiger partial charge is 0.236 e. The van der Waals surface area contributed by atoms with E-state index in [0.29, 0.717) is 12.6 Å². The van der Waals surface area contributed by atoms with Crippen molar-refractivity contribution in [1.82, 2.24) is 14.8 Å². The number of anilines is 1. The zero-order valence-corrected chi connectivity index (χ0v) is 15.4. The number of aromatic nitrogens is 1. The number of rotatable bonds is 3. The summed E-state index contributed by atoms with van der Waals surface area (Å²) in [6.45, 7) is 6.99. The predicted molar refractivity (Wildman–Crippen MR) is 101 cm³/mol. The number of piperazine rings is 1. The van der Waals surface area contributed by atoms with E-state index < -0.39 is 0 Å². The highest BCUT2D eigenvalue weighted by molar-refractivity contribution is 7.10. The maximum Gasteiger partial charge on any atom is 0.236 e. The second-order valence-electron chi connectivity index (χ2n) is 6.75. The van der Waals surface area contributed by atoms with E-state index in [-0.39, 0.29) is 5.91 Å². The lowest BCUT2D eigenvalue weighted by Crippen LogP contribution is -2.52. The monoisotopic (exact) mass is 356 g/mol. The van der Waals surface area contributed by atoms with Crippen molar-refractivity contribution in [2.24, 2.45) is 0 Å². The molecule has 4 heterocycles. The van der Waals surface area contributed by atoms with Crippen LogP contribution in [0.4, 0.5) is 5.82 Å². The van der Waals surface area contributed by atoms with E-state index in [1.165, 1.54) is 10.4 Å². The molecule has 0 radical (unpaired) electrons. The van der Waals surface area contributed by atoms with E-state index in [0.717, 1.165) is 45.0 Å². The Morgan fingerprint density at radius 2 is 2.04 bits per heavy atom. The lowest BCUT2D eigenvalue weighted by molar-refractivity contribution is -0.133. The van der Waals surface area contributed by atoms with Gasteiger partial charge in [0.05, 0.1) is 6.54 Å². The Morgan fingerprint density at radius 1 is 1.20 bits per heavy atom. The van der Waals surface area contributed by atoms with Crippen LogP contribution < -0.4 is 4.90 Å². The van der Waals surface area contributed by atoms with Gasteiger partial charge in [0.2, 0.25) is 5.91 Å². The molecule has 0 aliphatic carbocycles. The summed E-state index contributed by atoms with van der Waals surface area (Å²) in [4.78, 5) is 25.2. The summed E-state index contributed by atoms with van der Waals surface area (Å²) in [7, 11) is 0. The van der Waals surface area contributed by atoms with Crippen molar-refractivity contribution >= 4 is 23.1 Å². The largest absolute Gasteiger partial charge is 0.353 e. The van der Waals surface area contributed by atoms with Gasteiger partial charge in [0.15, 0.2) is 0 Å². The van der Waals surface area contributed by atoms with Crippen LogP contribution in [0.15, 0.2) is 35.8 Å². The minimum Gasteiger partial charge on any atom is -0.353 e. The predicted octanol–water partition coefficient (Wildman–Crippen LogP) is 2.41. The van der Waals surface area contributed by atoms with Gasteiger partial charge >= 0.3 is 0 Å². The van der Waals surface area contributed by atoms with Gasteiger partial charge < -0.3 is 9.80 Å². The fourth-order valence-electron chi connectivity index (χ4n) is 3.78. The molecule has 25 heavy (non-hydrogen) atoms. The fourth-order valence-corrected chi connectivity index (χ4v) is 4.74. The number of hydrogen-bond donors (Lipinski definition) is 0. The Balaban J connectivity index is 1.32. The normalized spacial score (nSPS) is 21.2. The molecule has 0 N–H and O–H groups in total. The van der Waals surface area contributed by atoms with Crippen LogP contribution in [-0.2, 0) is 11.2 Å². The van der Waals surface area contributed by atoms with Gasteiger partial charge in [-0.1, -0.05) is 6.07 Å². The third-order valence-corrected chi connectivity index (χ3v) is 6.34. The van der Waals surface area contributed by atoms with Gasteiger partial charge in [-0.25, -0.2) is 4.98 Å². The summed E-state index contributed by atoms with van der Waals surface area (Å²) in [5, 5.41) is 2.17. The Hall–Kier alpha value is -1.92. The molecule has 2 aromatic rings. The van der Waals surface area contributed by atoms with Crippen LogP contribution in [0.25, 0.3) is 0 Å². The Bertz CT molecular complexity index is 724. The molecule has 0 saturated carbocycles. The molecule has 132 valence electrons. The maximum absolute atomic E-state index is 12.8. The van der Waals surface area contributed by atoms with Crippen molar-refractivity contribution in [3.8, 4) is 0 Å². The van der Waals surface area contributed by atoms with Gasteiger partial charge in [-0.3, -0.25) is 9.69 Å². The molecule has 0 aromatic carbocycles. The Labute approximate surface area is 152 Å². The van der Waals surface area contributed by atoms with Crippen LogP contribution in [0.2, 0.25) is 0 Å². The molecule has 1 fully saturated rings. The molecule has 6 heteroatoms. The Kier molecular flexibility index (Phi) is 4.72. The summed E-state index contributed by atoms with van der Waals surface area (Å²) in [6, 6.07) is 8.53. The topological polar surface area (TPSA) is 39.7 Å².